The van der Waals surface area contributed by atoms with Gasteiger partial charge in [-0.3, -0.25) is 20.2 Å². The summed E-state index contributed by atoms with van der Waals surface area (Å²) in [7, 11) is 0. The molecule has 0 amide bonds. The molecular weight excluding hydrogens is 298 g/mol. The number of hydrogen-bond donors (Lipinski definition) is 0. The number of rotatable bonds is 4. The quantitative estimate of drug-likeness (QED) is 0.487. The van der Waals surface area contributed by atoms with Crippen molar-refractivity contribution >= 4 is 33.8 Å². The van der Waals surface area contributed by atoms with Crippen LogP contribution in [0.25, 0.3) is 0 Å². The highest BCUT2D eigenvalue weighted by Gasteiger charge is 2.24. The molecule has 0 unspecified atom stereocenters. The average molecular weight is 306 g/mol. The minimum absolute atomic E-state index is 0.0620. The molecule has 0 N–H and O–H groups in total. The zero-order valence-electron chi connectivity index (χ0n) is 10.5. The maximum atomic E-state index is 11.0. The molecule has 0 aromatic heterocycles. The molecule has 0 aliphatic carbocycles. The van der Waals surface area contributed by atoms with Gasteiger partial charge in [-0.25, -0.2) is 4.99 Å². The van der Waals surface area contributed by atoms with Crippen molar-refractivity contribution in [2.45, 2.75) is 0 Å². The SMILES string of the molecule is O=[N+]([O-])c1cccc([N+](=O)[O-])c1N=C(Cl)c1ccccc1. The van der Waals surface area contributed by atoms with Crippen LogP contribution in [0.4, 0.5) is 17.1 Å². The summed E-state index contributed by atoms with van der Waals surface area (Å²) in [6.07, 6.45) is 0. The third-order valence-electron chi connectivity index (χ3n) is 2.61. The minimum atomic E-state index is -0.735. The molecule has 0 aliphatic rings. The van der Waals surface area contributed by atoms with Gasteiger partial charge in [0.05, 0.1) is 9.85 Å². The molecule has 2 rings (SSSR count). The lowest BCUT2D eigenvalue weighted by Crippen LogP contribution is -1.96. The van der Waals surface area contributed by atoms with E-state index in [9.17, 15) is 20.2 Å². The predicted octanol–water partition coefficient (Wildman–Crippen LogP) is 3.82. The van der Waals surface area contributed by atoms with Crippen molar-refractivity contribution in [2.24, 2.45) is 4.99 Å². The van der Waals surface area contributed by atoms with Crippen molar-refractivity contribution in [3.05, 3.63) is 74.3 Å². The fourth-order valence-corrected chi connectivity index (χ4v) is 1.88. The number of nitrogens with zero attached hydrogens (tertiary/aromatic N) is 3. The molecule has 0 radical (unpaired) electrons. The van der Waals surface area contributed by atoms with Crippen LogP contribution in [0.3, 0.4) is 0 Å². The number of halogens is 1. The lowest BCUT2D eigenvalue weighted by atomic mass is 10.2. The van der Waals surface area contributed by atoms with Crippen LogP contribution in [0, 0.1) is 20.2 Å². The highest BCUT2D eigenvalue weighted by atomic mass is 35.5. The number of nitro benzene ring substituents is 2. The van der Waals surface area contributed by atoms with Gasteiger partial charge in [0, 0.05) is 17.7 Å². The Kier molecular flexibility index (Phi) is 4.24. The number of hydrogen-bond acceptors (Lipinski definition) is 5. The Labute approximate surface area is 123 Å². The molecule has 2 aromatic carbocycles. The molecule has 0 atom stereocenters. The standard InChI is InChI=1S/C13H8ClN3O4/c14-13(9-5-2-1-3-6-9)15-12-10(16(18)19)7-4-8-11(12)17(20)21/h1-8H. The summed E-state index contributed by atoms with van der Waals surface area (Å²) in [5.41, 5.74) is -0.815. The molecule has 0 fully saturated rings. The van der Waals surface area contributed by atoms with Crippen molar-refractivity contribution in [2.75, 3.05) is 0 Å². The van der Waals surface area contributed by atoms with Gasteiger partial charge in [0.1, 0.15) is 5.17 Å². The molecule has 0 saturated carbocycles. The molecule has 0 heterocycles. The summed E-state index contributed by atoms with van der Waals surface area (Å²) in [4.78, 5) is 24.4. The lowest BCUT2D eigenvalue weighted by molar-refractivity contribution is -0.392. The Morgan fingerprint density at radius 1 is 0.905 bits per heavy atom. The van der Waals surface area contributed by atoms with Gasteiger partial charge < -0.3 is 0 Å². The van der Waals surface area contributed by atoms with E-state index in [0.717, 1.165) is 12.1 Å². The van der Waals surface area contributed by atoms with E-state index in [0.29, 0.717) is 5.56 Å². The third kappa shape index (κ3) is 3.21. The van der Waals surface area contributed by atoms with Gasteiger partial charge in [-0.1, -0.05) is 41.9 Å². The molecular formula is C13H8ClN3O4. The zero-order valence-corrected chi connectivity index (χ0v) is 11.2. The van der Waals surface area contributed by atoms with Crippen molar-refractivity contribution in [1.29, 1.82) is 0 Å². The monoisotopic (exact) mass is 305 g/mol. The van der Waals surface area contributed by atoms with Crippen molar-refractivity contribution < 1.29 is 9.85 Å². The van der Waals surface area contributed by atoms with Crippen molar-refractivity contribution in [3.63, 3.8) is 0 Å². The summed E-state index contributed by atoms with van der Waals surface area (Å²) in [5, 5.41) is 21.9. The minimum Gasteiger partial charge on any atom is -0.258 e. The predicted molar refractivity (Wildman–Crippen MR) is 78.2 cm³/mol. The van der Waals surface area contributed by atoms with E-state index >= 15 is 0 Å². The van der Waals surface area contributed by atoms with Gasteiger partial charge in [0.15, 0.2) is 0 Å². The van der Waals surface area contributed by atoms with Crippen LogP contribution < -0.4 is 0 Å². The summed E-state index contributed by atoms with van der Waals surface area (Å²) in [6, 6.07) is 12.0. The number of para-hydroxylation sites is 1. The lowest BCUT2D eigenvalue weighted by Gasteiger charge is -2.01. The van der Waals surface area contributed by atoms with Crippen LogP contribution in [0.1, 0.15) is 5.56 Å². The van der Waals surface area contributed by atoms with Crippen molar-refractivity contribution in [3.8, 4) is 0 Å². The number of benzene rings is 2. The Hall–Kier alpha value is -2.80. The largest absolute Gasteiger partial charge is 0.302 e. The second kappa shape index (κ2) is 6.10. The Morgan fingerprint density at radius 2 is 1.43 bits per heavy atom. The average Bonchev–Trinajstić information content (AvgIpc) is 2.47. The van der Waals surface area contributed by atoms with E-state index in [-0.39, 0.29) is 10.9 Å². The van der Waals surface area contributed by atoms with E-state index in [1.54, 1.807) is 30.3 Å². The van der Waals surface area contributed by atoms with Crippen LogP contribution in [0.5, 0.6) is 0 Å². The van der Waals surface area contributed by atoms with Crippen molar-refractivity contribution in [1.82, 2.24) is 0 Å². The highest BCUT2D eigenvalue weighted by molar-refractivity contribution is 6.69. The molecule has 0 saturated heterocycles. The van der Waals surface area contributed by atoms with Crippen LogP contribution in [-0.4, -0.2) is 15.0 Å². The number of nitro groups is 2. The molecule has 7 nitrogen and oxygen atoms in total. The topological polar surface area (TPSA) is 98.6 Å². The van der Waals surface area contributed by atoms with E-state index in [1.807, 2.05) is 0 Å². The maximum Gasteiger partial charge on any atom is 0.302 e. The van der Waals surface area contributed by atoms with E-state index in [4.69, 9.17) is 11.6 Å². The van der Waals surface area contributed by atoms with Gasteiger partial charge in [-0.05, 0) is 6.07 Å². The second-order valence-electron chi connectivity index (χ2n) is 3.93. The Bertz CT molecular complexity index is 699. The van der Waals surface area contributed by atoms with Gasteiger partial charge in [-0.2, -0.15) is 0 Å². The molecule has 21 heavy (non-hydrogen) atoms. The summed E-state index contributed by atoms with van der Waals surface area (Å²) in [5.74, 6) is 0. The first-order valence-corrected chi connectivity index (χ1v) is 6.10. The fourth-order valence-electron chi connectivity index (χ4n) is 1.67. The summed E-state index contributed by atoms with van der Waals surface area (Å²) < 4.78 is 0. The van der Waals surface area contributed by atoms with E-state index in [1.165, 1.54) is 6.07 Å². The molecule has 8 heteroatoms. The van der Waals surface area contributed by atoms with E-state index < -0.39 is 21.2 Å². The van der Waals surface area contributed by atoms with Gasteiger partial charge in [-0.15, -0.1) is 0 Å². The van der Waals surface area contributed by atoms with Gasteiger partial charge >= 0.3 is 11.4 Å². The highest BCUT2D eigenvalue weighted by Crippen LogP contribution is 2.37. The Balaban J connectivity index is 2.62. The second-order valence-corrected chi connectivity index (χ2v) is 4.29. The summed E-state index contributed by atoms with van der Waals surface area (Å²) in [6.45, 7) is 0. The molecule has 0 aliphatic heterocycles. The van der Waals surface area contributed by atoms with E-state index in [2.05, 4.69) is 4.99 Å². The fraction of sp³-hybridized carbons (Fsp3) is 0. The molecule has 2 aromatic rings. The van der Waals surface area contributed by atoms with Crippen LogP contribution in [0.2, 0.25) is 0 Å². The molecule has 0 bridgehead atoms. The van der Waals surface area contributed by atoms with Crippen LogP contribution >= 0.6 is 11.6 Å². The first-order chi connectivity index (χ1) is 10.0. The van der Waals surface area contributed by atoms with Crippen LogP contribution in [0.15, 0.2) is 53.5 Å². The molecule has 106 valence electrons. The van der Waals surface area contributed by atoms with Gasteiger partial charge in [0.2, 0.25) is 5.69 Å². The normalized spacial score (nSPS) is 11.2. The molecule has 0 spiro atoms. The number of aliphatic imine (C=N–C) groups is 1. The van der Waals surface area contributed by atoms with Crippen LogP contribution in [-0.2, 0) is 0 Å². The summed E-state index contributed by atoms with van der Waals surface area (Å²) >= 11 is 6.00. The zero-order chi connectivity index (χ0) is 15.4. The smallest absolute Gasteiger partial charge is 0.258 e. The Morgan fingerprint density at radius 3 is 1.90 bits per heavy atom. The first kappa shape index (κ1) is 14.6. The third-order valence-corrected chi connectivity index (χ3v) is 2.91. The maximum absolute atomic E-state index is 11.0. The first-order valence-electron chi connectivity index (χ1n) is 5.72. The van der Waals surface area contributed by atoms with Gasteiger partial charge in [0.25, 0.3) is 0 Å².